The van der Waals surface area contributed by atoms with Crippen LogP contribution in [0.2, 0.25) is 0 Å². The number of nitrogens with one attached hydrogen (secondary N) is 1. The topological polar surface area (TPSA) is 104 Å². The van der Waals surface area contributed by atoms with E-state index in [0.717, 1.165) is 29.8 Å². The van der Waals surface area contributed by atoms with Crippen LogP contribution in [-0.4, -0.2) is 76.7 Å². The molecule has 0 aliphatic carbocycles. The molecule has 0 spiro atoms. The van der Waals surface area contributed by atoms with Gasteiger partial charge in [0, 0.05) is 55.6 Å². The van der Waals surface area contributed by atoms with E-state index < -0.39 is 30.3 Å². The maximum atomic E-state index is 13.0. The minimum Gasteiger partial charge on any atom is -0.392 e. The van der Waals surface area contributed by atoms with Gasteiger partial charge in [-0.15, -0.1) is 0 Å². The van der Waals surface area contributed by atoms with Crippen LogP contribution in [-0.2, 0) is 32.1 Å². The lowest BCUT2D eigenvalue weighted by molar-refractivity contribution is -0.252. The number of alkyl halides is 3. The van der Waals surface area contributed by atoms with Crippen LogP contribution < -0.4 is 5.32 Å². The van der Waals surface area contributed by atoms with E-state index >= 15 is 0 Å². The number of rotatable bonds is 10. The maximum Gasteiger partial charge on any atom is 0.471 e. The Morgan fingerprint density at radius 2 is 1.78 bits per heavy atom. The third-order valence-corrected chi connectivity index (χ3v) is 8.12. The van der Waals surface area contributed by atoms with Crippen molar-refractivity contribution in [3.8, 4) is 0 Å². The lowest BCUT2D eigenvalue weighted by Crippen LogP contribution is -2.48. The standard InChI is InChI=1S/C33H37F3N4O5/c1-39(18-15-25-5-2-3-16-37-25)20-27-19-29(23-9-7-22(21-41)8-10-23)45-31(44-27)24-11-13-26(14-12-24)38-30(42)28-6-4-17-40(28)32(43)33(34,35)36/h2-3,5,7-14,16,27-29,31,41H,4,6,15,17-21H2,1H3,(H,38,42)/t27-,28-,29+,31+/m0/s1. The zero-order valence-corrected chi connectivity index (χ0v) is 25.0. The molecule has 0 radical (unpaired) electrons. The summed E-state index contributed by atoms with van der Waals surface area (Å²) in [7, 11) is 2.03. The molecular weight excluding hydrogens is 589 g/mol. The van der Waals surface area contributed by atoms with Crippen LogP contribution in [0.1, 0.15) is 54.0 Å². The lowest BCUT2D eigenvalue weighted by atomic mass is 9.99. The molecule has 9 nitrogen and oxygen atoms in total. The first-order valence-electron chi connectivity index (χ1n) is 15.0. The average Bonchev–Trinajstić information content (AvgIpc) is 3.54. The van der Waals surface area contributed by atoms with Gasteiger partial charge in [0.05, 0.1) is 18.8 Å². The highest BCUT2D eigenvalue weighted by atomic mass is 19.4. The van der Waals surface area contributed by atoms with Crippen molar-refractivity contribution in [3.05, 3.63) is 95.3 Å². The minimum atomic E-state index is -5.03. The monoisotopic (exact) mass is 626 g/mol. The number of carbonyl (C=O) groups excluding carboxylic acids is 2. The zero-order valence-electron chi connectivity index (χ0n) is 25.0. The normalized spacial score (nSPS) is 22.0. The molecule has 0 unspecified atom stereocenters. The Morgan fingerprint density at radius 1 is 1.04 bits per heavy atom. The smallest absolute Gasteiger partial charge is 0.392 e. The molecule has 240 valence electrons. The SMILES string of the molecule is CN(CCc1ccccn1)C[C@@H]1C[C@H](c2ccc(CO)cc2)O[C@H](c2ccc(NC(=O)[C@@H]3CCCN3C(=O)C(F)(F)F)cc2)O1. The summed E-state index contributed by atoms with van der Waals surface area (Å²) < 4.78 is 51.8. The number of aliphatic hydroxyl groups excluding tert-OH is 1. The number of likely N-dealkylation sites (tertiary alicyclic amines) is 1. The second kappa shape index (κ2) is 14.5. The molecule has 45 heavy (non-hydrogen) atoms. The Hall–Kier alpha value is -3.84. The molecule has 2 aliphatic heterocycles. The fourth-order valence-electron chi connectivity index (χ4n) is 5.72. The molecule has 3 heterocycles. The number of pyridine rings is 1. The third kappa shape index (κ3) is 8.46. The molecule has 2 aromatic carbocycles. The fourth-order valence-corrected chi connectivity index (χ4v) is 5.72. The molecule has 12 heteroatoms. The van der Waals surface area contributed by atoms with Crippen LogP contribution >= 0.6 is 0 Å². The van der Waals surface area contributed by atoms with Gasteiger partial charge in [0.15, 0.2) is 6.29 Å². The number of hydrogen-bond donors (Lipinski definition) is 2. The fraction of sp³-hybridized carbons (Fsp3) is 0.424. The number of nitrogens with zero attached hydrogens (tertiary/aromatic N) is 3. The van der Waals surface area contributed by atoms with E-state index in [1.807, 2.05) is 49.5 Å². The summed E-state index contributed by atoms with van der Waals surface area (Å²) in [5.41, 5.74) is 3.86. The summed E-state index contributed by atoms with van der Waals surface area (Å²) in [6, 6.07) is 19.0. The number of aliphatic hydroxyl groups is 1. The van der Waals surface area contributed by atoms with Crippen LogP contribution in [0, 0.1) is 0 Å². The predicted molar refractivity (Wildman–Crippen MR) is 160 cm³/mol. The number of amides is 2. The van der Waals surface area contributed by atoms with E-state index in [1.165, 1.54) is 0 Å². The van der Waals surface area contributed by atoms with Gasteiger partial charge in [0.1, 0.15) is 6.04 Å². The molecule has 2 N–H and O–H groups in total. The van der Waals surface area contributed by atoms with Gasteiger partial charge < -0.3 is 29.7 Å². The molecule has 1 aromatic heterocycles. The van der Waals surface area contributed by atoms with Crippen molar-refractivity contribution < 1.29 is 37.3 Å². The van der Waals surface area contributed by atoms with Gasteiger partial charge in [-0.25, -0.2) is 0 Å². The van der Waals surface area contributed by atoms with Crippen LogP contribution in [0.4, 0.5) is 18.9 Å². The Balaban J connectivity index is 1.26. The van der Waals surface area contributed by atoms with Gasteiger partial charge in [-0.3, -0.25) is 14.6 Å². The Labute approximate surface area is 260 Å². The number of halogens is 3. The Kier molecular flexibility index (Phi) is 10.5. The number of anilines is 1. The molecule has 4 atom stereocenters. The third-order valence-electron chi connectivity index (χ3n) is 8.12. The van der Waals surface area contributed by atoms with Crippen molar-refractivity contribution in [2.24, 2.45) is 0 Å². The molecule has 2 fully saturated rings. The molecule has 2 aliphatic rings. The molecular formula is C33H37F3N4O5. The molecule has 0 bridgehead atoms. The van der Waals surface area contributed by atoms with E-state index in [4.69, 9.17) is 9.47 Å². The number of carbonyl (C=O) groups is 2. The largest absolute Gasteiger partial charge is 0.471 e. The summed E-state index contributed by atoms with van der Waals surface area (Å²) in [6.45, 7) is 1.27. The number of benzene rings is 2. The van der Waals surface area contributed by atoms with Gasteiger partial charge in [0.2, 0.25) is 5.91 Å². The second-order valence-corrected chi connectivity index (χ2v) is 11.4. The quantitative estimate of drug-likeness (QED) is 0.334. The minimum absolute atomic E-state index is 0.0540. The first kappa shape index (κ1) is 32.6. The van der Waals surface area contributed by atoms with Gasteiger partial charge in [-0.1, -0.05) is 42.5 Å². The van der Waals surface area contributed by atoms with Crippen molar-refractivity contribution in [3.63, 3.8) is 0 Å². The molecule has 2 saturated heterocycles. The number of aromatic nitrogens is 1. The summed E-state index contributed by atoms with van der Waals surface area (Å²) in [5.74, 6) is -2.66. The molecule has 0 saturated carbocycles. The maximum absolute atomic E-state index is 13.0. The van der Waals surface area contributed by atoms with Gasteiger partial charge in [-0.2, -0.15) is 13.2 Å². The Morgan fingerprint density at radius 3 is 2.44 bits per heavy atom. The average molecular weight is 627 g/mol. The van der Waals surface area contributed by atoms with E-state index in [9.17, 15) is 27.9 Å². The van der Waals surface area contributed by atoms with Crippen molar-refractivity contribution in [1.29, 1.82) is 0 Å². The van der Waals surface area contributed by atoms with Crippen LogP contribution in [0.3, 0.4) is 0 Å². The first-order valence-corrected chi connectivity index (χ1v) is 15.0. The van der Waals surface area contributed by atoms with Gasteiger partial charge >= 0.3 is 12.1 Å². The highest BCUT2D eigenvalue weighted by Crippen LogP contribution is 2.38. The number of hydrogen-bond acceptors (Lipinski definition) is 7. The van der Waals surface area contributed by atoms with Crippen LogP contribution in [0.5, 0.6) is 0 Å². The van der Waals surface area contributed by atoms with E-state index in [0.29, 0.717) is 35.5 Å². The lowest BCUT2D eigenvalue weighted by Gasteiger charge is -2.38. The van der Waals surface area contributed by atoms with E-state index in [1.54, 1.807) is 30.5 Å². The van der Waals surface area contributed by atoms with Gasteiger partial charge in [0.25, 0.3) is 0 Å². The molecule has 2 amide bonds. The second-order valence-electron chi connectivity index (χ2n) is 11.4. The van der Waals surface area contributed by atoms with Gasteiger partial charge in [-0.05, 0) is 55.3 Å². The van der Waals surface area contributed by atoms with Crippen molar-refractivity contribution in [2.75, 3.05) is 32.0 Å². The number of likely N-dealkylation sites (N-methyl/N-ethyl adjacent to an activating group) is 1. The summed E-state index contributed by atoms with van der Waals surface area (Å²) in [5, 5.41) is 12.1. The molecule has 5 rings (SSSR count). The van der Waals surface area contributed by atoms with E-state index in [2.05, 4.69) is 15.2 Å². The van der Waals surface area contributed by atoms with Crippen molar-refractivity contribution >= 4 is 17.5 Å². The molecule has 3 aromatic rings. The predicted octanol–water partition coefficient (Wildman–Crippen LogP) is 4.79. The zero-order chi connectivity index (χ0) is 32.0. The van der Waals surface area contributed by atoms with Crippen molar-refractivity contribution in [1.82, 2.24) is 14.8 Å². The van der Waals surface area contributed by atoms with E-state index in [-0.39, 0.29) is 31.8 Å². The number of ether oxygens (including phenoxy) is 2. The summed E-state index contributed by atoms with van der Waals surface area (Å²) >= 11 is 0. The highest BCUT2D eigenvalue weighted by Gasteiger charge is 2.47. The van der Waals surface area contributed by atoms with Crippen LogP contribution in [0.15, 0.2) is 72.9 Å². The van der Waals surface area contributed by atoms with Crippen molar-refractivity contribution in [2.45, 2.75) is 63.0 Å². The van der Waals surface area contributed by atoms with Crippen LogP contribution in [0.25, 0.3) is 0 Å². The summed E-state index contributed by atoms with van der Waals surface area (Å²) in [6.07, 6.45) is -2.51. The first-order chi connectivity index (χ1) is 21.6. The summed E-state index contributed by atoms with van der Waals surface area (Å²) in [4.78, 5) is 31.8. The Bertz CT molecular complexity index is 1420. The highest BCUT2D eigenvalue weighted by molar-refractivity contribution is 5.98.